The van der Waals surface area contributed by atoms with E-state index in [0.29, 0.717) is 36.6 Å². The van der Waals surface area contributed by atoms with Crippen LogP contribution in [0, 0.1) is 0 Å². The van der Waals surface area contributed by atoms with Crippen LogP contribution in [0.1, 0.15) is 37.0 Å². The fourth-order valence-electron chi connectivity index (χ4n) is 3.43. The fourth-order valence-corrected chi connectivity index (χ4v) is 6.10. The Balaban J connectivity index is 1.92. The van der Waals surface area contributed by atoms with Crippen LogP contribution in [0.4, 0.5) is 0 Å². The molecule has 172 valence electrons. The Labute approximate surface area is 193 Å². The number of aromatic nitrogens is 1. The van der Waals surface area contributed by atoms with Crippen molar-refractivity contribution in [2.75, 3.05) is 26.8 Å². The zero-order valence-corrected chi connectivity index (χ0v) is 20.3. The van der Waals surface area contributed by atoms with Crippen LogP contribution in [0.15, 0.2) is 58.4 Å². The summed E-state index contributed by atoms with van der Waals surface area (Å²) in [5, 5.41) is 0. The maximum Gasteiger partial charge on any atom is 0.279 e. The number of benzene rings is 2. The van der Waals surface area contributed by atoms with Gasteiger partial charge in [0.1, 0.15) is 0 Å². The molecule has 0 fully saturated rings. The lowest BCUT2D eigenvalue weighted by Crippen LogP contribution is -2.32. The zero-order valence-electron chi connectivity index (χ0n) is 18.7. The summed E-state index contributed by atoms with van der Waals surface area (Å²) in [5.74, 6) is -0.411. The monoisotopic (exact) mass is 475 g/mol. The lowest BCUT2D eigenvalue weighted by Gasteiger charge is -2.21. The van der Waals surface area contributed by atoms with Crippen molar-refractivity contribution in [2.45, 2.75) is 38.1 Å². The number of methoxy groups -OCH3 is 1. The summed E-state index contributed by atoms with van der Waals surface area (Å²) in [7, 11) is -1.95. The SMILES string of the molecule is CCCN(CCC)S(=O)(=O)c1ccc(C(=O)N=c2sc3ccccc3n2CCOC)cc1. The molecule has 32 heavy (non-hydrogen) atoms. The molecule has 0 saturated heterocycles. The molecule has 0 N–H and O–H groups in total. The van der Waals surface area contributed by atoms with Crippen LogP contribution in [-0.2, 0) is 21.3 Å². The van der Waals surface area contributed by atoms with Gasteiger partial charge in [0.25, 0.3) is 5.91 Å². The summed E-state index contributed by atoms with van der Waals surface area (Å²) in [5.41, 5.74) is 1.34. The number of rotatable bonds is 10. The molecule has 1 aromatic heterocycles. The number of hydrogen-bond donors (Lipinski definition) is 0. The third-order valence-corrected chi connectivity index (χ3v) is 7.96. The molecule has 0 bridgehead atoms. The van der Waals surface area contributed by atoms with E-state index in [0.717, 1.165) is 23.1 Å². The Morgan fingerprint density at radius 2 is 1.72 bits per heavy atom. The number of hydrogen-bond acceptors (Lipinski definition) is 5. The van der Waals surface area contributed by atoms with Crippen molar-refractivity contribution in [2.24, 2.45) is 4.99 Å². The van der Waals surface area contributed by atoms with Gasteiger partial charge in [-0.05, 0) is 49.2 Å². The molecule has 0 saturated carbocycles. The maximum atomic E-state index is 12.9. The van der Waals surface area contributed by atoms with Crippen molar-refractivity contribution in [1.29, 1.82) is 0 Å². The number of nitrogens with zero attached hydrogens (tertiary/aromatic N) is 3. The largest absolute Gasteiger partial charge is 0.383 e. The molecule has 9 heteroatoms. The fraction of sp³-hybridized carbons (Fsp3) is 0.391. The first-order chi connectivity index (χ1) is 15.4. The first kappa shape index (κ1) is 24.3. The Bertz CT molecular complexity index is 1220. The maximum absolute atomic E-state index is 12.9. The summed E-state index contributed by atoms with van der Waals surface area (Å²) in [6, 6.07) is 13.9. The minimum atomic E-state index is -3.59. The molecule has 1 amide bonds. The number of carbonyl (C=O) groups excluding carboxylic acids is 1. The second-order valence-corrected chi connectivity index (χ2v) is 10.3. The molecule has 2 aromatic carbocycles. The number of fused-ring (bicyclic) bond motifs is 1. The van der Waals surface area contributed by atoms with E-state index in [4.69, 9.17) is 4.74 Å². The molecule has 0 aliphatic rings. The van der Waals surface area contributed by atoms with E-state index in [1.807, 2.05) is 42.7 Å². The van der Waals surface area contributed by atoms with Gasteiger partial charge in [0.05, 0.1) is 21.7 Å². The summed E-state index contributed by atoms with van der Waals surface area (Å²) < 4.78 is 35.6. The van der Waals surface area contributed by atoms with E-state index < -0.39 is 15.9 Å². The molecule has 0 unspecified atom stereocenters. The van der Waals surface area contributed by atoms with E-state index in [9.17, 15) is 13.2 Å². The molecular formula is C23H29N3O4S2. The lowest BCUT2D eigenvalue weighted by molar-refractivity contribution is 0.0997. The van der Waals surface area contributed by atoms with Gasteiger partial charge < -0.3 is 9.30 Å². The molecule has 3 rings (SSSR count). The first-order valence-corrected chi connectivity index (χ1v) is 12.9. The van der Waals surface area contributed by atoms with Crippen LogP contribution in [0.3, 0.4) is 0 Å². The van der Waals surface area contributed by atoms with Gasteiger partial charge in [-0.2, -0.15) is 9.30 Å². The summed E-state index contributed by atoms with van der Waals surface area (Å²) in [6.45, 7) is 5.93. The molecular weight excluding hydrogens is 446 g/mol. The number of amides is 1. The van der Waals surface area contributed by atoms with E-state index in [1.54, 1.807) is 7.11 Å². The second kappa shape index (κ2) is 11.0. The standard InChI is InChI=1S/C23H29N3O4S2/c1-4-14-25(15-5-2)32(28,29)19-12-10-18(11-13-19)22(27)24-23-26(16-17-30-3)20-8-6-7-9-21(20)31-23/h6-13H,4-5,14-17H2,1-3H3. The van der Waals surface area contributed by atoms with Crippen LogP contribution < -0.4 is 4.80 Å². The Kier molecular flexibility index (Phi) is 8.36. The van der Waals surface area contributed by atoms with E-state index >= 15 is 0 Å². The number of sulfonamides is 1. The third-order valence-electron chi connectivity index (χ3n) is 4.99. The number of ether oxygens (including phenoxy) is 1. The van der Waals surface area contributed by atoms with Crippen molar-refractivity contribution in [3.8, 4) is 0 Å². The van der Waals surface area contributed by atoms with Crippen LogP contribution in [0.5, 0.6) is 0 Å². The van der Waals surface area contributed by atoms with Gasteiger partial charge in [-0.15, -0.1) is 0 Å². The highest BCUT2D eigenvalue weighted by Gasteiger charge is 2.23. The average Bonchev–Trinajstić information content (AvgIpc) is 3.14. The van der Waals surface area contributed by atoms with Gasteiger partial charge in [0, 0.05) is 32.3 Å². The highest BCUT2D eigenvalue weighted by Crippen LogP contribution is 2.19. The average molecular weight is 476 g/mol. The van der Waals surface area contributed by atoms with Gasteiger partial charge in [-0.25, -0.2) is 8.42 Å². The Morgan fingerprint density at radius 3 is 2.34 bits per heavy atom. The van der Waals surface area contributed by atoms with Gasteiger partial charge in [-0.1, -0.05) is 37.3 Å². The van der Waals surface area contributed by atoms with E-state index in [1.165, 1.54) is 39.9 Å². The Hall–Kier alpha value is -2.33. The highest BCUT2D eigenvalue weighted by atomic mass is 32.2. The van der Waals surface area contributed by atoms with Gasteiger partial charge in [0.15, 0.2) is 4.80 Å². The number of carbonyl (C=O) groups is 1. The number of thiazole rings is 1. The van der Waals surface area contributed by atoms with E-state index in [-0.39, 0.29) is 4.90 Å². The van der Waals surface area contributed by atoms with Crippen molar-refractivity contribution in [3.63, 3.8) is 0 Å². The van der Waals surface area contributed by atoms with Crippen LogP contribution in [-0.4, -0.2) is 50.0 Å². The third kappa shape index (κ3) is 5.35. The Morgan fingerprint density at radius 1 is 1.06 bits per heavy atom. The minimum absolute atomic E-state index is 0.188. The van der Waals surface area contributed by atoms with Crippen molar-refractivity contribution < 1.29 is 17.9 Å². The van der Waals surface area contributed by atoms with Crippen molar-refractivity contribution in [1.82, 2.24) is 8.87 Å². The summed E-state index contributed by atoms with van der Waals surface area (Å²) in [6.07, 6.45) is 1.49. The zero-order chi connectivity index (χ0) is 23.1. The minimum Gasteiger partial charge on any atom is -0.383 e. The number of para-hydroxylation sites is 1. The van der Waals surface area contributed by atoms with Gasteiger partial charge in [-0.3, -0.25) is 4.79 Å². The smallest absolute Gasteiger partial charge is 0.279 e. The second-order valence-electron chi connectivity index (χ2n) is 7.34. The predicted molar refractivity (Wildman–Crippen MR) is 127 cm³/mol. The van der Waals surface area contributed by atoms with Crippen LogP contribution >= 0.6 is 11.3 Å². The first-order valence-electron chi connectivity index (χ1n) is 10.7. The molecule has 1 heterocycles. The molecule has 7 nitrogen and oxygen atoms in total. The molecule has 0 spiro atoms. The molecule has 3 aromatic rings. The normalized spacial score (nSPS) is 12.7. The lowest BCUT2D eigenvalue weighted by atomic mass is 10.2. The van der Waals surface area contributed by atoms with Crippen LogP contribution in [0.2, 0.25) is 0 Å². The topological polar surface area (TPSA) is 81.0 Å². The summed E-state index contributed by atoms with van der Waals surface area (Å²) in [4.78, 5) is 18.0. The summed E-state index contributed by atoms with van der Waals surface area (Å²) >= 11 is 1.44. The van der Waals surface area contributed by atoms with Crippen molar-refractivity contribution in [3.05, 3.63) is 58.9 Å². The van der Waals surface area contributed by atoms with Crippen molar-refractivity contribution >= 4 is 37.5 Å². The van der Waals surface area contributed by atoms with Gasteiger partial charge >= 0.3 is 0 Å². The predicted octanol–water partition coefficient (Wildman–Crippen LogP) is 3.90. The van der Waals surface area contributed by atoms with E-state index in [2.05, 4.69) is 4.99 Å². The van der Waals surface area contributed by atoms with Gasteiger partial charge in [0.2, 0.25) is 10.0 Å². The molecule has 0 aliphatic heterocycles. The molecule has 0 radical (unpaired) electrons. The molecule has 0 aliphatic carbocycles. The molecule has 0 atom stereocenters. The highest BCUT2D eigenvalue weighted by molar-refractivity contribution is 7.89. The van der Waals surface area contributed by atoms with Crippen LogP contribution in [0.25, 0.3) is 10.2 Å². The quantitative estimate of drug-likeness (QED) is 0.445.